The van der Waals surface area contributed by atoms with Gasteiger partial charge in [0.15, 0.2) is 0 Å². The number of hydrogen-bond donors (Lipinski definition) is 2. The monoisotopic (exact) mass is 271 g/mol. The van der Waals surface area contributed by atoms with Crippen LogP contribution in [0.5, 0.6) is 0 Å². The number of carbonyl (C=O) groups is 3. The number of urea groups is 1. The van der Waals surface area contributed by atoms with Crippen molar-refractivity contribution in [3.05, 3.63) is 0 Å². The topological polar surface area (TPSA) is 92.5 Å². The third-order valence-corrected chi connectivity index (χ3v) is 3.20. The fraction of sp³-hybridized carbons (Fsp3) is 0.769. The highest BCUT2D eigenvalue weighted by Gasteiger charge is 2.42. The van der Waals surface area contributed by atoms with E-state index in [1.807, 2.05) is 0 Å². The zero-order chi connectivity index (χ0) is 15.1. The van der Waals surface area contributed by atoms with Gasteiger partial charge in [-0.15, -0.1) is 0 Å². The summed E-state index contributed by atoms with van der Waals surface area (Å²) in [6.45, 7) is 5.55. The molecule has 1 aliphatic heterocycles. The molecule has 1 rings (SSSR count). The Balaban J connectivity index is 0.000000344. The molecule has 1 aliphatic rings. The standard InChI is InChI=1S/C7H15NO.C6H10N2O2/c1-2-3-4-5-6-7(8)9;1-6(2)4(9)7-5(10)8(6)3/h2-6H2,1H3,(H2,8,9);1-3H3,(H,7,9,10). The number of hydrogen-bond acceptors (Lipinski definition) is 3. The van der Waals surface area contributed by atoms with Gasteiger partial charge in [-0.25, -0.2) is 4.79 Å². The van der Waals surface area contributed by atoms with Gasteiger partial charge >= 0.3 is 6.03 Å². The molecule has 3 N–H and O–H groups in total. The van der Waals surface area contributed by atoms with E-state index in [4.69, 9.17) is 5.73 Å². The van der Waals surface area contributed by atoms with Gasteiger partial charge in [-0.2, -0.15) is 0 Å². The predicted octanol–water partition coefficient (Wildman–Crippen LogP) is 1.39. The van der Waals surface area contributed by atoms with Crippen LogP contribution < -0.4 is 11.1 Å². The minimum atomic E-state index is -0.683. The highest BCUT2D eigenvalue weighted by molar-refractivity contribution is 6.06. The second-order valence-corrected chi connectivity index (χ2v) is 5.15. The summed E-state index contributed by atoms with van der Waals surface area (Å²) < 4.78 is 0. The van der Waals surface area contributed by atoms with Crippen LogP contribution in [0.2, 0.25) is 0 Å². The van der Waals surface area contributed by atoms with Crippen molar-refractivity contribution in [3.63, 3.8) is 0 Å². The SMILES string of the molecule is CCCCCCC(N)=O.CN1C(=O)NC(=O)C1(C)C. The molecule has 0 spiro atoms. The van der Waals surface area contributed by atoms with Crippen molar-refractivity contribution in [1.82, 2.24) is 10.2 Å². The number of likely N-dealkylation sites (N-methyl/N-ethyl adjacent to an activating group) is 1. The van der Waals surface area contributed by atoms with Gasteiger partial charge in [-0.05, 0) is 20.3 Å². The molecule has 4 amide bonds. The lowest BCUT2D eigenvalue weighted by Crippen LogP contribution is -2.41. The Kier molecular flexibility index (Phi) is 7.11. The van der Waals surface area contributed by atoms with Gasteiger partial charge in [0, 0.05) is 13.5 Å². The summed E-state index contributed by atoms with van der Waals surface area (Å²) >= 11 is 0. The Hall–Kier alpha value is -1.59. The van der Waals surface area contributed by atoms with Crippen LogP contribution in [0.1, 0.15) is 52.9 Å². The van der Waals surface area contributed by atoms with E-state index in [9.17, 15) is 14.4 Å². The van der Waals surface area contributed by atoms with Crippen LogP contribution in [-0.4, -0.2) is 35.3 Å². The molecule has 19 heavy (non-hydrogen) atoms. The van der Waals surface area contributed by atoms with E-state index in [0.717, 1.165) is 12.8 Å². The Labute approximate surface area is 114 Å². The van der Waals surface area contributed by atoms with Gasteiger partial charge in [0.25, 0.3) is 5.91 Å². The van der Waals surface area contributed by atoms with Crippen molar-refractivity contribution in [2.45, 2.75) is 58.4 Å². The molecule has 0 radical (unpaired) electrons. The molecule has 1 fully saturated rings. The van der Waals surface area contributed by atoms with Gasteiger partial charge in [0.1, 0.15) is 5.54 Å². The molecule has 0 aliphatic carbocycles. The Bertz CT molecular complexity index is 340. The normalized spacial score (nSPS) is 16.7. The lowest BCUT2D eigenvalue weighted by atomic mass is 10.1. The molecule has 110 valence electrons. The van der Waals surface area contributed by atoms with E-state index in [-0.39, 0.29) is 17.8 Å². The molecule has 0 aromatic carbocycles. The summed E-state index contributed by atoms with van der Waals surface area (Å²) in [5, 5.41) is 2.20. The molecule has 0 unspecified atom stereocenters. The number of rotatable bonds is 5. The van der Waals surface area contributed by atoms with Gasteiger partial charge < -0.3 is 10.6 Å². The molecule has 6 nitrogen and oxygen atoms in total. The number of imide groups is 1. The number of nitrogens with two attached hydrogens (primary N) is 1. The smallest absolute Gasteiger partial charge is 0.324 e. The fourth-order valence-electron chi connectivity index (χ4n) is 1.47. The zero-order valence-corrected chi connectivity index (χ0v) is 12.3. The van der Waals surface area contributed by atoms with Crippen LogP contribution in [0.25, 0.3) is 0 Å². The highest BCUT2D eigenvalue weighted by Crippen LogP contribution is 2.17. The maximum atomic E-state index is 10.9. The summed E-state index contributed by atoms with van der Waals surface area (Å²) in [7, 11) is 1.60. The number of carbonyl (C=O) groups excluding carboxylic acids is 3. The van der Waals surface area contributed by atoms with Crippen LogP contribution >= 0.6 is 0 Å². The average molecular weight is 271 g/mol. The summed E-state index contributed by atoms with van der Waals surface area (Å²) in [5.74, 6) is -0.411. The van der Waals surface area contributed by atoms with Crippen LogP contribution in [0, 0.1) is 0 Å². The molecular formula is C13H25N3O3. The fourth-order valence-corrected chi connectivity index (χ4v) is 1.47. The predicted molar refractivity (Wildman–Crippen MR) is 73.3 cm³/mol. The van der Waals surface area contributed by atoms with Crippen molar-refractivity contribution in [3.8, 4) is 0 Å². The number of amides is 4. The summed E-state index contributed by atoms with van der Waals surface area (Å²) in [5.41, 5.74) is 4.25. The van der Waals surface area contributed by atoms with Crippen LogP contribution in [0.4, 0.5) is 4.79 Å². The number of unbranched alkanes of at least 4 members (excludes halogenated alkanes) is 3. The first kappa shape index (κ1) is 17.4. The van der Waals surface area contributed by atoms with E-state index < -0.39 is 5.54 Å². The van der Waals surface area contributed by atoms with E-state index >= 15 is 0 Å². The molecule has 1 saturated heterocycles. The maximum Gasteiger partial charge on any atom is 0.324 e. The Morgan fingerprint density at radius 1 is 1.26 bits per heavy atom. The quantitative estimate of drug-likeness (QED) is 0.584. The lowest BCUT2D eigenvalue weighted by molar-refractivity contribution is -0.124. The minimum Gasteiger partial charge on any atom is -0.370 e. The van der Waals surface area contributed by atoms with Crippen LogP contribution in [-0.2, 0) is 9.59 Å². The summed E-state index contributed by atoms with van der Waals surface area (Å²) in [4.78, 5) is 33.3. The van der Waals surface area contributed by atoms with Crippen LogP contribution in [0.3, 0.4) is 0 Å². The van der Waals surface area contributed by atoms with Crippen molar-refractivity contribution >= 4 is 17.8 Å². The summed E-state index contributed by atoms with van der Waals surface area (Å²) in [6.07, 6.45) is 5.08. The van der Waals surface area contributed by atoms with Crippen molar-refractivity contribution in [1.29, 1.82) is 0 Å². The van der Waals surface area contributed by atoms with E-state index in [1.165, 1.54) is 17.7 Å². The molecule has 0 aromatic heterocycles. The molecule has 0 aromatic rings. The second kappa shape index (κ2) is 7.76. The first-order chi connectivity index (χ1) is 8.73. The number of nitrogens with zero attached hydrogens (tertiary/aromatic N) is 1. The molecule has 0 bridgehead atoms. The van der Waals surface area contributed by atoms with Gasteiger partial charge in [0.2, 0.25) is 5.91 Å². The van der Waals surface area contributed by atoms with Crippen LogP contribution in [0.15, 0.2) is 0 Å². The Morgan fingerprint density at radius 2 is 1.84 bits per heavy atom. The van der Waals surface area contributed by atoms with Crippen molar-refractivity contribution in [2.24, 2.45) is 5.73 Å². The zero-order valence-electron chi connectivity index (χ0n) is 12.3. The third kappa shape index (κ3) is 5.72. The molecule has 6 heteroatoms. The van der Waals surface area contributed by atoms with E-state index in [0.29, 0.717) is 6.42 Å². The average Bonchev–Trinajstić information content (AvgIpc) is 2.49. The molecule has 0 atom stereocenters. The summed E-state index contributed by atoms with van der Waals surface area (Å²) in [6, 6.07) is -0.324. The molecular weight excluding hydrogens is 246 g/mol. The van der Waals surface area contributed by atoms with Gasteiger partial charge in [-0.1, -0.05) is 26.2 Å². The highest BCUT2D eigenvalue weighted by atomic mass is 16.2. The molecule has 0 saturated carbocycles. The first-order valence-electron chi connectivity index (χ1n) is 6.61. The lowest BCUT2D eigenvalue weighted by Gasteiger charge is -2.22. The van der Waals surface area contributed by atoms with E-state index in [2.05, 4.69) is 12.2 Å². The minimum absolute atomic E-state index is 0.175. The Morgan fingerprint density at radius 3 is 2.11 bits per heavy atom. The largest absolute Gasteiger partial charge is 0.370 e. The van der Waals surface area contributed by atoms with Gasteiger partial charge in [-0.3, -0.25) is 14.9 Å². The van der Waals surface area contributed by atoms with E-state index in [1.54, 1.807) is 20.9 Å². The number of primary amides is 1. The third-order valence-electron chi connectivity index (χ3n) is 3.20. The second-order valence-electron chi connectivity index (χ2n) is 5.15. The maximum absolute atomic E-state index is 10.9. The number of nitrogens with one attached hydrogen (secondary N) is 1. The van der Waals surface area contributed by atoms with Crippen molar-refractivity contribution < 1.29 is 14.4 Å². The van der Waals surface area contributed by atoms with Crippen molar-refractivity contribution in [2.75, 3.05) is 7.05 Å². The first-order valence-corrected chi connectivity index (χ1v) is 6.61. The van der Waals surface area contributed by atoms with Gasteiger partial charge in [0.05, 0.1) is 0 Å². The molecule has 1 heterocycles.